The first-order valence-corrected chi connectivity index (χ1v) is 5.79. The number of anilines is 2. The van der Waals surface area contributed by atoms with Crippen molar-refractivity contribution >= 4 is 17.4 Å². The number of hydrogen-bond donors (Lipinski definition) is 2. The van der Waals surface area contributed by atoms with Gasteiger partial charge >= 0.3 is 0 Å². The maximum absolute atomic E-state index is 11.7. The number of hydrogen-bond acceptors (Lipinski definition) is 3. The second-order valence-electron chi connectivity index (χ2n) is 4.00. The Morgan fingerprint density at radius 1 is 1.17 bits per heavy atom. The number of carbonyl (C=O) groups excluding carboxylic acids is 1. The van der Waals surface area contributed by atoms with Crippen LogP contribution in [0.1, 0.15) is 12.0 Å². The fraction of sp³-hybridized carbons (Fsp3) is 0.143. The molecule has 92 valence electrons. The SMILES string of the molecule is Nc1ccc(CCC(=O)Nc2ccccn2)cc1. The Morgan fingerprint density at radius 3 is 2.61 bits per heavy atom. The quantitative estimate of drug-likeness (QED) is 0.806. The van der Waals surface area contributed by atoms with E-state index in [1.54, 1.807) is 12.3 Å². The highest BCUT2D eigenvalue weighted by atomic mass is 16.1. The molecule has 4 nitrogen and oxygen atoms in total. The molecule has 0 spiro atoms. The molecule has 0 aliphatic rings. The van der Waals surface area contributed by atoms with E-state index < -0.39 is 0 Å². The van der Waals surface area contributed by atoms with E-state index in [2.05, 4.69) is 10.3 Å². The molecule has 0 saturated carbocycles. The van der Waals surface area contributed by atoms with Crippen molar-refractivity contribution in [3.05, 3.63) is 54.2 Å². The van der Waals surface area contributed by atoms with E-state index in [1.165, 1.54) is 0 Å². The van der Waals surface area contributed by atoms with Crippen molar-refractivity contribution in [1.29, 1.82) is 0 Å². The standard InChI is InChI=1S/C14H15N3O/c15-12-7-4-11(5-8-12)6-9-14(18)17-13-3-1-2-10-16-13/h1-5,7-8,10H,6,9,15H2,(H,16,17,18). The maximum atomic E-state index is 11.7. The highest BCUT2D eigenvalue weighted by Gasteiger charge is 2.03. The Balaban J connectivity index is 1.83. The second kappa shape index (κ2) is 5.82. The topological polar surface area (TPSA) is 68.0 Å². The summed E-state index contributed by atoms with van der Waals surface area (Å²) in [5.74, 6) is 0.547. The predicted octanol–water partition coefficient (Wildman–Crippen LogP) is 2.24. The summed E-state index contributed by atoms with van der Waals surface area (Å²) in [4.78, 5) is 15.7. The van der Waals surface area contributed by atoms with Crippen molar-refractivity contribution in [3.8, 4) is 0 Å². The Kier molecular flexibility index (Phi) is 3.91. The second-order valence-corrected chi connectivity index (χ2v) is 4.00. The van der Waals surface area contributed by atoms with Crippen molar-refractivity contribution < 1.29 is 4.79 Å². The minimum Gasteiger partial charge on any atom is -0.399 e. The molecule has 0 aliphatic heterocycles. The summed E-state index contributed by atoms with van der Waals surface area (Å²) in [6.07, 6.45) is 2.77. The van der Waals surface area contributed by atoms with Gasteiger partial charge in [-0.05, 0) is 36.2 Å². The molecule has 1 aromatic carbocycles. The summed E-state index contributed by atoms with van der Waals surface area (Å²) in [7, 11) is 0. The van der Waals surface area contributed by atoms with Crippen LogP contribution in [0.4, 0.5) is 11.5 Å². The zero-order valence-electron chi connectivity index (χ0n) is 9.97. The van der Waals surface area contributed by atoms with Gasteiger partial charge in [-0.25, -0.2) is 4.98 Å². The van der Waals surface area contributed by atoms with Crippen LogP contribution < -0.4 is 11.1 Å². The van der Waals surface area contributed by atoms with Gasteiger partial charge in [-0.1, -0.05) is 18.2 Å². The third-order valence-corrected chi connectivity index (χ3v) is 2.55. The summed E-state index contributed by atoms with van der Waals surface area (Å²) in [5, 5.41) is 2.75. The number of amides is 1. The van der Waals surface area contributed by atoms with Crippen LogP contribution in [0.15, 0.2) is 48.7 Å². The first-order chi connectivity index (χ1) is 8.74. The monoisotopic (exact) mass is 241 g/mol. The molecule has 0 aliphatic carbocycles. The molecule has 0 bridgehead atoms. The number of pyridine rings is 1. The van der Waals surface area contributed by atoms with Crippen LogP contribution in [0.5, 0.6) is 0 Å². The molecule has 0 atom stereocenters. The molecule has 2 aromatic rings. The minimum absolute atomic E-state index is 0.0366. The Bertz CT molecular complexity index is 508. The van der Waals surface area contributed by atoms with Gasteiger partial charge in [-0.3, -0.25) is 4.79 Å². The number of nitrogens with two attached hydrogens (primary N) is 1. The van der Waals surface area contributed by atoms with Gasteiger partial charge in [0.1, 0.15) is 5.82 Å². The average molecular weight is 241 g/mol. The van der Waals surface area contributed by atoms with Crippen LogP contribution in [0.3, 0.4) is 0 Å². The van der Waals surface area contributed by atoms with Crippen LogP contribution in [0, 0.1) is 0 Å². The number of nitrogen functional groups attached to an aromatic ring is 1. The molecule has 2 rings (SSSR count). The number of nitrogens with one attached hydrogen (secondary N) is 1. The van der Waals surface area contributed by atoms with Crippen molar-refractivity contribution in [2.45, 2.75) is 12.8 Å². The zero-order valence-corrected chi connectivity index (χ0v) is 9.97. The van der Waals surface area contributed by atoms with Gasteiger partial charge in [0.2, 0.25) is 5.91 Å². The van der Waals surface area contributed by atoms with E-state index in [4.69, 9.17) is 5.73 Å². The van der Waals surface area contributed by atoms with Crippen molar-refractivity contribution in [3.63, 3.8) is 0 Å². The number of carbonyl (C=O) groups is 1. The van der Waals surface area contributed by atoms with E-state index in [9.17, 15) is 4.79 Å². The first-order valence-electron chi connectivity index (χ1n) is 5.79. The molecule has 4 heteroatoms. The first kappa shape index (κ1) is 12.1. The smallest absolute Gasteiger partial charge is 0.225 e. The molecule has 0 unspecified atom stereocenters. The summed E-state index contributed by atoms with van der Waals surface area (Å²) >= 11 is 0. The van der Waals surface area contributed by atoms with Gasteiger partial charge in [0.25, 0.3) is 0 Å². The lowest BCUT2D eigenvalue weighted by Gasteiger charge is -2.04. The van der Waals surface area contributed by atoms with Crippen molar-refractivity contribution in [2.24, 2.45) is 0 Å². The van der Waals surface area contributed by atoms with Gasteiger partial charge in [0.05, 0.1) is 0 Å². The fourth-order valence-corrected chi connectivity index (χ4v) is 1.58. The summed E-state index contributed by atoms with van der Waals surface area (Å²) in [6, 6.07) is 13.0. The van der Waals surface area contributed by atoms with Gasteiger partial charge < -0.3 is 11.1 Å². The summed E-state index contributed by atoms with van der Waals surface area (Å²) in [5.41, 5.74) is 7.43. The van der Waals surface area contributed by atoms with E-state index >= 15 is 0 Å². The minimum atomic E-state index is -0.0366. The van der Waals surface area contributed by atoms with Gasteiger partial charge in [-0.2, -0.15) is 0 Å². The number of aryl methyl sites for hydroxylation is 1. The number of aromatic nitrogens is 1. The molecule has 0 saturated heterocycles. The van der Waals surface area contributed by atoms with Crippen LogP contribution in [-0.4, -0.2) is 10.9 Å². The molecule has 18 heavy (non-hydrogen) atoms. The molecule has 0 radical (unpaired) electrons. The third-order valence-electron chi connectivity index (χ3n) is 2.55. The Labute approximate surface area is 106 Å². The average Bonchev–Trinajstić information content (AvgIpc) is 2.39. The summed E-state index contributed by atoms with van der Waals surface area (Å²) in [6.45, 7) is 0. The largest absolute Gasteiger partial charge is 0.399 e. The number of benzene rings is 1. The van der Waals surface area contributed by atoms with E-state index in [-0.39, 0.29) is 5.91 Å². The maximum Gasteiger partial charge on any atom is 0.225 e. The summed E-state index contributed by atoms with van der Waals surface area (Å²) < 4.78 is 0. The number of rotatable bonds is 4. The van der Waals surface area contributed by atoms with Crippen LogP contribution >= 0.6 is 0 Å². The lowest BCUT2D eigenvalue weighted by Crippen LogP contribution is -2.13. The lowest BCUT2D eigenvalue weighted by atomic mass is 10.1. The Hall–Kier alpha value is -2.36. The van der Waals surface area contributed by atoms with E-state index in [0.717, 1.165) is 11.3 Å². The molecule has 1 aromatic heterocycles. The van der Waals surface area contributed by atoms with Gasteiger partial charge in [0, 0.05) is 18.3 Å². The van der Waals surface area contributed by atoms with Gasteiger partial charge in [0.15, 0.2) is 0 Å². The van der Waals surface area contributed by atoms with E-state index in [0.29, 0.717) is 18.7 Å². The number of nitrogens with zero attached hydrogens (tertiary/aromatic N) is 1. The van der Waals surface area contributed by atoms with Gasteiger partial charge in [-0.15, -0.1) is 0 Å². The highest BCUT2D eigenvalue weighted by Crippen LogP contribution is 2.08. The van der Waals surface area contributed by atoms with E-state index in [1.807, 2.05) is 36.4 Å². The molecule has 3 N–H and O–H groups in total. The Morgan fingerprint density at radius 2 is 1.94 bits per heavy atom. The normalized spacial score (nSPS) is 10.0. The fourth-order valence-electron chi connectivity index (χ4n) is 1.58. The third kappa shape index (κ3) is 3.59. The highest BCUT2D eigenvalue weighted by molar-refractivity contribution is 5.89. The van der Waals surface area contributed by atoms with Crippen LogP contribution in [0.25, 0.3) is 0 Å². The van der Waals surface area contributed by atoms with Crippen LogP contribution in [-0.2, 0) is 11.2 Å². The predicted molar refractivity (Wildman–Crippen MR) is 72.0 cm³/mol. The van der Waals surface area contributed by atoms with Crippen molar-refractivity contribution in [2.75, 3.05) is 11.1 Å². The molecule has 1 heterocycles. The van der Waals surface area contributed by atoms with Crippen molar-refractivity contribution in [1.82, 2.24) is 4.98 Å². The molecular formula is C14H15N3O. The van der Waals surface area contributed by atoms with Crippen LogP contribution in [0.2, 0.25) is 0 Å². The molecular weight excluding hydrogens is 226 g/mol. The zero-order chi connectivity index (χ0) is 12.8. The molecule has 0 fully saturated rings. The molecule has 1 amide bonds. The lowest BCUT2D eigenvalue weighted by molar-refractivity contribution is -0.116.